The Kier molecular flexibility index (Phi) is 8.38. The van der Waals surface area contributed by atoms with Crippen LogP contribution in [0.4, 0.5) is 4.79 Å². The average Bonchev–Trinajstić information content (AvgIpc) is 2.64. The Bertz CT molecular complexity index is 438. The molecular weight excluding hydrogens is 344 g/mol. The van der Waals surface area contributed by atoms with Crippen LogP contribution < -0.4 is 0 Å². The molecular formula is C21H40N2O4. The van der Waals surface area contributed by atoms with Crippen molar-refractivity contribution in [1.29, 1.82) is 0 Å². The first-order chi connectivity index (χ1) is 12.8. The van der Waals surface area contributed by atoms with Crippen molar-refractivity contribution in [2.75, 3.05) is 52.6 Å². The van der Waals surface area contributed by atoms with Gasteiger partial charge in [0.05, 0.1) is 13.2 Å². The maximum atomic E-state index is 12.2. The number of nitrogens with zero attached hydrogens (tertiary/aromatic N) is 2. The second kappa shape index (κ2) is 10.1. The zero-order chi connectivity index (χ0) is 19.9. The first-order valence-electron chi connectivity index (χ1n) is 10.7. The van der Waals surface area contributed by atoms with Gasteiger partial charge in [-0.3, -0.25) is 0 Å². The zero-order valence-corrected chi connectivity index (χ0v) is 18.1. The largest absolute Gasteiger partial charge is 0.444 e. The van der Waals surface area contributed by atoms with Crippen molar-refractivity contribution in [3.63, 3.8) is 0 Å². The summed E-state index contributed by atoms with van der Waals surface area (Å²) in [5.74, 6) is 0. The molecule has 6 heteroatoms. The highest BCUT2D eigenvalue weighted by Crippen LogP contribution is 2.34. The molecule has 0 aromatic carbocycles. The molecule has 0 unspecified atom stereocenters. The van der Waals surface area contributed by atoms with Gasteiger partial charge in [-0.25, -0.2) is 4.79 Å². The monoisotopic (exact) mass is 384 g/mol. The maximum absolute atomic E-state index is 12.2. The van der Waals surface area contributed by atoms with Crippen molar-refractivity contribution < 1.29 is 19.0 Å². The summed E-state index contributed by atoms with van der Waals surface area (Å²) < 4.78 is 17.1. The van der Waals surface area contributed by atoms with Gasteiger partial charge in [0.1, 0.15) is 5.60 Å². The third kappa shape index (κ3) is 6.91. The molecule has 2 fully saturated rings. The fraction of sp³-hybridized carbons (Fsp3) is 0.952. The predicted octanol–water partition coefficient (Wildman–Crippen LogP) is 3.54. The molecule has 0 N–H and O–H groups in total. The molecule has 0 saturated carbocycles. The van der Waals surface area contributed by atoms with Crippen LogP contribution in [0, 0.1) is 5.41 Å². The van der Waals surface area contributed by atoms with E-state index in [1.807, 2.05) is 25.7 Å². The normalized spacial score (nSPS) is 22.0. The molecule has 2 heterocycles. The van der Waals surface area contributed by atoms with Gasteiger partial charge in [0.25, 0.3) is 0 Å². The van der Waals surface area contributed by atoms with Crippen molar-refractivity contribution in [3.05, 3.63) is 0 Å². The van der Waals surface area contributed by atoms with Crippen LogP contribution in [0.15, 0.2) is 0 Å². The van der Waals surface area contributed by atoms with Crippen molar-refractivity contribution in [1.82, 2.24) is 9.80 Å². The Morgan fingerprint density at radius 1 is 0.963 bits per heavy atom. The van der Waals surface area contributed by atoms with Crippen molar-refractivity contribution in [2.24, 2.45) is 5.41 Å². The van der Waals surface area contributed by atoms with E-state index in [2.05, 4.69) is 18.7 Å². The number of hydrogen-bond donors (Lipinski definition) is 0. The highest BCUT2D eigenvalue weighted by molar-refractivity contribution is 5.68. The van der Waals surface area contributed by atoms with Crippen LogP contribution >= 0.6 is 0 Å². The van der Waals surface area contributed by atoms with E-state index in [0.29, 0.717) is 6.04 Å². The predicted molar refractivity (Wildman–Crippen MR) is 107 cm³/mol. The number of amides is 1. The van der Waals surface area contributed by atoms with Crippen LogP contribution in [0.1, 0.15) is 60.3 Å². The van der Waals surface area contributed by atoms with Crippen molar-refractivity contribution in [3.8, 4) is 0 Å². The molecule has 2 rings (SSSR count). The number of hydrogen-bond acceptors (Lipinski definition) is 5. The van der Waals surface area contributed by atoms with Crippen LogP contribution in [-0.4, -0.2) is 80.1 Å². The van der Waals surface area contributed by atoms with Gasteiger partial charge < -0.3 is 24.0 Å². The van der Waals surface area contributed by atoms with Gasteiger partial charge in [0.15, 0.2) is 0 Å². The molecule has 0 atom stereocenters. The minimum atomic E-state index is -0.425. The Morgan fingerprint density at radius 3 is 1.93 bits per heavy atom. The second-order valence-corrected chi connectivity index (χ2v) is 9.01. The summed E-state index contributed by atoms with van der Waals surface area (Å²) in [6, 6.07) is 0.570. The highest BCUT2D eigenvalue weighted by atomic mass is 16.6. The molecule has 0 spiro atoms. The van der Waals surface area contributed by atoms with Gasteiger partial charge in [0, 0.05) is 37.8 Å². The Hall–Kier alpha value is -0.850. The van der Waals surface area contributed by atoms with E-state index in [0.717, 1.165) is 78.3 Å². The fourth-order valence-corrected chi connectivity index (χ4v) is 4.07. The van der Waals surface area contributed by atoms with Crippen LogP contribution in [0.2, 0.25) is 0 Å². The highest BCUT2D eigenvalue weighted by Gasteiger charge is 2.38. The Balaban J connectivity index is 1.80. The second-order valence-electron chi connectivity index (χ2n) is 9.01. The maximum Gasteiger partial charge on any atom is 0.410 e. The summed E-state index contributed by atoms with van der Waals surface area (Å²) in [6.45, 7) is 16.8. The van der Waals surface area contributed by atoms with E-state index in [1.165, 1.54) is 0 Å². The molecule has 2 saturated heterocycles. The topological polar surface area (TPSA) is 51.2 Å². The number of carbonyl (C=O) groups is 1. The molecule has 0 aliphatic carbocycles. The Labute approximate surface area is 165 Å². The minimum Gasteiger partial charge on any atom is -0.444 e. The molecule has 0 aromatic heterocycles. The standard InChI is InChI=1S/C21H40N2O4/c1-6-25-16-21(17-26-7-2)10-14-22(15-11-21)18-8-12-23(13-9-18)19(24)27-20(3,4)5/h18H,6-17H2,1-5H3. The fourth-order valence-electron chi connectivity index (χ4n) is 4.07. The van der Waals surface area contributed by atoms with E-state index in [9.17, 15) is 4.79 Å². The molecule has 2 aliphatic rings. The molecule has 0 radical (unpaired) electrons. The van der Waals surface area contributed by atoms with Gasteiger partial charge in [-0.2, -0.15) is 0 Å². The van der Waals surface area contributed by atoms with Gasteiger partial charge in [-0.05, 0) is 73.4 Å². The molecule has 0 aromatic rings. The molecule has 27 heavy (non-hydrogen) atoms. The van der Waals surface area contributed by atoms with Crippen molar-refractivity contribution >= 4 is 6.09 Å². The number of carbonyl (C=O) groups excluding carboxylic acids is 1. The smallest absolute Gasteiger partial charge is 0.410 e. The lowest BCUT2D eigenvalue weighted by atomic mass is 9.79. The lowest BCUT2D eigenvalue weighted by Gasteiger charge is -2.46. The molecule has 0 bridgehead atoms. The summed E-state index contributed by atoms with van der Waals surface area (Å²) in [4.78, 5) is 16.7. The molecule has 158 valence electrons. The first-order valence-corrected chi connectivity index (χ1v) is 10.7. The summed E-state index contributed by atoms with van der Waals surface area (Å²) in [5, 5.41) is 0. The molecule has 6 nitrogen and oxygen atoms in total. The summed E-state index contributed by atoms with van der Waals surface area (Å²) >= 11 is 0. The third-order valence-electron chi connectivity index (χ3n) is 5.72. The first kappa shape index (κ1) is 22.4. The molecule has 1 amide bonds. The lowest BCUT2D eigenvalue weighted by molar-refractivity contribution is -0.0601. The number of ether oxygens (including phenoxy) is 3. The lowest BCUT2D eigenvalue weighted by Crippen LogP contribution is -2.52. The molecule has 2 aliphatic heterocycles. The van der Waals surface area contributed by atoms with Crippen LogP contribution in [0.5, 0.6) is 0 Å². The minimum absolute atomic E-state index is 0.166. The van der Waals surface area contributed by atoms with Gasteiger partial charge in [-0.15, -0.1) is 0 Å². The van der Waals surface area contributed by atoms with E-state index in [1.54, 1.807) is 0 Å². The van der Waals surface area contributed by atoms with Crippen molar-refractivity contribution in [2.45, 2.75) is 71.9 Å². The quantitative estimate of drug-likeness (QED) is 0.672. The van der Waals surface area contributed by atoms with Crippen LogP contribution in [0.25, 0.3) is 0 Å². The van der Waals surface area contributed by atoms with Crippen LogP contribution in [0.3, 0.4) is 0 Å². The summed E-state index contributed by atoms with van der Waals surface area (Å²) in [5.41, 5.74) is -0.259. The third-order valence-corrected chi connectivity index (χ3v) is 5.72. The van der Waals surface area contributed by atoms with E-state index < -0.39 is 5.60 Å². The van der Waals surface area contributed by atoms with Gasteiger partial charge in [-0.1, -0.05) is 0 Å². The van der Waals surface area contributed by atoms with E-state index >= 15 is 0 Å². The van der Waals surface area contributed by atoms with Crippen LogP contribution in [-0.2, 0) is 14.2 Å². The average molecular weight is 385 g/mol. The van der Waals surface area contributed by atoms with Gasteiger partial charge in [0.2, 0.25) is 0 Å². The number of rotatable bonds is 7. The van der Waals surface area contributed by atoms with E-state index in [-0.39, 0.29) is 11.5 Å². The van der Waals surface area contributed by atoms with Gasteiger partial charge >= 0.3 is 6.09 Å². The summed E-state index contributed by atoms with van der Waals surface area (Å²) in [6.07, 6.45) is 4.14. The zero-order valence-electron chi connectivity index (χ0n) is 18.1. The Morgan fingerprint density at radius 2 is 1.48 bits per heavy atom. The SMILES string of the molecule is CCOCC1(COCC)CCN(C2CCN(C(=O)OC(C)(C)C)CC2)CC1. The van der Waals surface area contributed by atoms with E-state index in [4.69, 9.17) is 14.2 Å². The summed E-state index contributed by atoms with van der Waals surface area (Å²) in [7, 11) is 0. The number of likely N-dealkylation sites (tertiary alicyclic amines) is 2. The number of piperidine rings is 2.